The van der Waals surface area contributed by atoms with Crippen molar-refractivity contribution in [2.24, 2.45) is 5.41 Å². The molecule has 0 amide bonds. The van der Waals surface area contributed by atoms with E-state index in [1.54, 1.807) is 12.1 Å². The lowest BCUT2D eigenvalue weighted by atomic mass is 9.87. The average Bonchev–Trinajstić information content (AvgIpc) is 2.59. The molecule has 0 aliphatic heterocycles. The molecule has 0 bridgehead atoms. The third-order valence-electron chi connectivity index (χ3n) is 3.79. The number of nitrogens with one attached hydrogen (secondary N) is 2. The van der Waals surface area contributed by atoms with E-state index < -0.39 is 10.0 Å². The average molecular weight is 282 g/mol. The highest BCUT2D eigenvalue weighted by molar-refractivity contribution is 7.92. The molecule has 0 aromatic heterocycles. The quantitative estimate of drug-likeness (QED) is 0.892. The van der Waals surface area contributed by atoms with Crippen molar-refractivity contribution in [3.05, 3.63) is 24.3 Å². The van der Waals surface area contributed by atoms with Crippen LogP contribution in [-0.4, -0.2) is 20.7 Å². The van der Waals surface area contributed by atoms with Crippen molar-refractivity contribution in [3.8, 4) is 0 Å². The molecule has 1 unspecified atom stereocenters. The molecule has 2 rings (SSSR count). The summed E-state index contributed by atoms with van der Waals surface area (Å²) in [5.41, 5.74) is 1.96. The van der Waals surface area contributed by atoms with E-state index in [-0.39, 0.29) is 0 Å². The SMILES string of the molecule is CC1(C)CCCC1Nc1ccc(NS(C)(=O)=O)cc1. The standard InChI is InChI=1S/C14H22N2O2S/c1-14(2)10-4-5-13(14)15-11-6-8-12(9-7-11)16-19(3,17)18/h6-9,13,15-16H,4-5,10H2,1-3H3. The first-order chi connectivity index (χ1) is 8.76. The van der Waals surface area contributed by atoms with Gasteiger partial charge in [0.25, 0.3) is 0 Å². The van der Waals surface area contributed by atoms with Gasteiger partial charge < -0.3 is 5.32 Å². The largest absolute Gasteiger partial charge is 0.382 e. The molecule has 106 valence electrons. The first kappa shape index (κ1) is 14.2. The fourth-order valence-corrected chi connectivity index (χ4v) is 3.21. The molecule has 19 heavy (non-hydrogen) atoms. The van der Waals surface area contributed by atoms with E-state index in [1.165, 1.54) is 19.3 Å². The zero-order chi connectivity index (χ0) is 14.1. The van der Waals surface area contributed by atoms with E-state index >= 15 is 0 Å². The van der Waals surface area contributed by atoms with Gasteiger partial charge >= 0.3 is 0 Å². The minimum absolute atomic E-state index is 0.323. The molecule has 1 atom stereocenters. The summed E-state index contributed by atoms with van der Waals surface area (Å²) in [6.07, 6.45) is 4.85. The Labute approximate surface area is 115 Å². The number of sulfonamides is 1. The van der Waals surface area contributed by atoms with E-state index in [9.17, 15) is 8.42 Å². The summed E-state index contributed by atoms with van der Waals surface area (Å²) < 4.78 is 24.7. The van der Waals surface area contributed by atoms with Crippen LogP contribution < -0.4 is 10.0 Å². The van der Waals surface area contributed by atoms with Crippen LogP contribution in [0.2, 0.25) is 0 Å². The molecule has 0 spiro atoms. The fraction of sp³-hybridized carbons (Fsp3) is 0.571. The summed E-state index contributed by atoms with van der Waals surface area (Å²) in [7, 11) is -3.20. The summed E-state index contributed by atoms with van der Waals surface area (Å²) in [6, 6.07) is 7.89. The Morgan fingerprint density at radius 1 is 1.16 bits per heavy atom. The van der Waals surface area contributed by atoms with Crippen LogP contribution in [0.5, 0.6) is 0 Å². The Morgan fingerprint density at radius 3 is 2.21 bits per heavy atom. The molecule has 0 radical (unpaired) electrons. The number of benzene rings is 1. The van der Waals surface area contributed by atoms with Gasteiger partial charge in [-0.2, -0.15) is 0 Å². The van der Waals surface area contributed by atoms with E-state index in [0.717, 1.165) is 11.9 Å². The maximum Gasteiger partial charge on any atom is 0.229 e. The minimum Gasteiger partial charge on any atom is -0.382 e. The summed E-state index contributed by atoms with van der Waals surface area (Å²) in [4.78, 5) is 0. The number of rotatable bonds is 4. The molecule has 0 saturated heterocycles. The van der Waals surface area contributed by atoms with Crippen LogP contribution in [-0.2, 0) is 10.0 Å². The van der Waals surface area contributed by atoms with Crippen LogP contribution in [0.25, 0.3) is 0 Å². The van der Waals surface area contributed by atoms with Crippen molar-refractivity contribution in [3.63, 3.8) is 0 Å². The van der Waals surface area contributed by atoms with E-state index in [2.05, 4.69) is 23.9 Å². The summed E-state index contributed by atoms with van der Waals surface area (Å²) in [5.74, 6) is 0. The lowest BCUT2D eigenvalue weighted by Gasteiger charge is -2.28. The molecule has 1 aromatic rings. The van der Waals surface area contributed by atoms with Gasteiger partial charge in [-0.05, 0) is 42.5 Å². The lowest BCUT2D eigenvalue weighted by molar-refractivity contribution is 0.350. The van der Waals surface area contributed by atoms with Gasteiger partial charge in [0.2, 0.25) is 10.0 Å². The maximum absolute atomic E-state index is 11.1. The van der Waals surface area contributed by atoms with Gasteiger partial charge in [-0.15, -0.1) is 0 Å². The van der Waals surface area contributed by atoms with Crippen molar-refractivity contribution in [1.29, 1.82) is 0 Å². The van der Waals surface area contributed by atoms with Crippen LogP contribution in [0, 0.1) is 5.41 Å². The highest BCUT2D eigenvalue weighted by Crippen LogP contribution is 2.39. The van der Waals surface area contributed by atoms with Crippen LogP contribution in [0.15, 0.2) is 24.3 Å². The van der Waals surface area contributed by atoms with Gasteiger partial charge in [-0.25, -0.2) is 8.42 Å². The predicted molar refractivity (Wildman–Crippen MR) is 80.0 cm³/mol. The van der Waals surface area contributed by atoms with Crippen molar-refractivity contribution >= 4 is 21.4 Å². The van der Waals surface area contributed by atoms with Crippen molar-refractivity contribution in [1.82, 2.24) is 0 Å². The second kappa shape index (κ2) is 5.04. The Bertz CT molecular complexity index is 535. The Balaban J connectivity index is 2.03. The Kier molecular flexibility index (Phi) is 3.76. The minimum atomic E-state index is -3.20. The molecular formula is C14H22N2O2S. The van der Waals surface area contributed by atoms with Crippen molar-refractivity contribution < 1.29 is 8.42 Å². The molecule has 5 heteroatoms. The molecule has 0 heterocycles. The summed E-state index contributed by atoms with van der Waals surface area (Å²) >= 11 is 0. The van der Waals surface area contributed by atoms with Gasteiger partial charge in [0.15, 0.2) is 0 Å². The topological polar surface area (TPSA) is 58.2 Å². The highest BCUT2D eigenvalue weighted by Gasteiger charge is 2.34. The van der Waals surface area contributed by atoms with Gasteiger partial charge in [0, 0.05) is 17.4 Å². The summed E-state index contributed by atoms with van der Waals surface area (Å²) in [5, 5.41) is 3.54. The Morgan fingerprint density at radius 2 is 1.74 bits per heavy atom. The fourth-order valence-electron chi connectivity index (χ4n) is 2.64. The predicted octanol–water partition coefficient (Wildman–Crippen LogP) is 3.05. The zero-order valence-corrected chi connectivity index (χ0v) is 12.5. The van der Waals surface area contributed by atoms with Gasteiger partial charge in [-0.1, -0.05) is 20.3 Å². The zero-order valence-electron chi connectivity index (χ0n) is 11.7. The number of hydrogen-bond acceptors (Lipinski definition) is 3. The molecule has 4 nitrogen and oxygen atoms in total. The van der Waals surface area contributed by atoms with Crippen LogP contribution >= 0.6 is 0 Å². The Hall–Kier alpha value is -1.23. The van der Waals surface area contributed by atoms with Gasteiger partial charge in [0.05, 0.1) is 6.26 Å². The lowest BCUT2D eigenvalue weighted by Crippen LogP contribution is -2.30. The third-order valence-corrected chi connectivity index (χ3v) is 4.39. The van der Waals surface area contributed by atoms with Gasteiger partial charge in [0.1, 0.15) is 0 Å². The van der Waals surface area contributed by atoms with Gasteiger partial charge in [-0.3, -0.25) is 4.72 Å². The first-order valence-electron chi connectivity index (χ1n) is 6.61. The maximum atomic E-state index is 11.1. The second-order valence-corrected chi connectivity index (χ2v) is 7.78. The van der Waals surface area contributed by atoms with E-state index in [4.69, 9.17) is 0 Å². The van der Waals surface area contributed by atoms with E-state index in [1.807, 2.05) is 12.1 Å². The monoisotopic (exact) mass is 282 g/mol. The van der Waals surface area contributed by atoms with Crippen LogP contribution in [0.1, 0.15) is 33.1 Å². The molecular weight excluding hydrogens is 260 g/mol. The molecule has 1 aliphatic carbocycles. The summed E-state index contributed by atoms with van der Waals surface area (Å²) in [6.45, 7) is 4.58. The normalized spacial score (nSPS) is 22.2. The smallest absolute Gasteiger partial charge is 0.229 e. The first-order valence-corrected chi connectivity index (χ1v) is 8.50. The van der Waals surface area contributed by atoms with Crippen LogP contribution in [0.3, 0.4) is 0 Å². The number of anilines is 2. The van der Waals surface area contributed by atoms with Crippen molar-refractivity contribution in [2.75, 3.05) is 16.3 Å². The molecule has 2 N–H and O–H groups in total. The number of hydrogen-bond donors (Lipinski definition) is 2. The molecule has 1 aliphatic rings. The molecule has 1 aromatic carbocycles. The van der Waals surface area contributed by atoms with Crippen LogP contribution in [0.4, 0.5) is 11.4 Å². The van der Waals surface area contributed by atoms with Crippen molar-refractivity contribution in [2.45, 2.75) is 39.2 Å². The third kappa shape index (κ3) is 3.86. The second-order valence-electron chi connectivity index (χ2n) is 6.03. The highest BCUT2D eigenvalue weighted by atomic mass is 32.2. The molecule has 1 saturated carbocycles. The molecule has 1 fully saturated rings. The van der Waals surface area contributed by atoms with E-state index in [0.29, 0.717) is 17.1 Å².